The van der Waals surface area contributed by atoms with Crippen molar-refractivity contribution in [2.75, 3.05) is 19.7 Å². The molecular formula is C18H29NO2. The summed E-state index contributed by atoms with van der Waals surface area (Å²) in [6, 6.07) is 8.77. The molecule has 0 saturated carbocycles. The zero-order valence-corrected chi connectivity index (χ0v) is 14.1. The predicted molar refractivity (Wildman–Crippen MR) is 87.7 cm³/mol. The highest BCUT2D eigenvalue weighted by Gasteiger charge is 2.33. The Bertz CT molecular complexity index is 431. The Morgan fingerprint density at radius 2 is 1.71 bits per heavy atom. The van der Waals surface area contributed by atoms with Crippen LogP contribution >= 0.6 is 0 Å². The molecule has 0 aromatic heterocycles. The van der Waals surface area contributed by atoms with Crippen molar-refractivity contribution in [1.82, 2.24) is 4.90 Å². The third kappa shape index (κ3) is 4.48. The molecule has 0 spiro atoms. The van der Waals surface area contributed by atoms with E-state index in [1.807, 2.05) is 25.7 Å². The minimum absolute atomic E-state index is 0.173. The third-order valence-electron chi connectivity index (χ3n) is 4.14. The summed E-state index contributed by atoms with van der Waals surface area (Å²) in [7, 11) is 0. The highest BCUT2D eigenvalue weighted by atomic mass is 16.6. The van der Waals surface area contributed by atoms with Crippen molar-refractivity contribution in [3.8, 4) is 0 Å². The van der Waals surface area contributed by atoms with Crippen LogP contribution in [0, 0.1) is 6.92 Å². The second kappa shape index (κ2) is 8.06. The number of nitrogens with zero attached hydrogens (tertiary/aromatic N) is 1. The van der Waals surface area contributed by atoms with E-state index < -0.39 is 0 Å². The van der Waals surface area contributed by atoms with Gasteiger partial charge in [0, 0.05) is 13.1 Å². The van der Waals surface area contributed by atoms with Crippen molar-refractivity contribution >= 4 is 6.09 Å². The second-order valence-electron chi connectivity index (χ2n) is 5.61. The highest BCUT2D eigenvalue weighted by molar-refractivity contribution is 5.67. The van der Waals surface area contributed by atoms with Gasteiger partial charge in [-0.2, -0.15) is 0 Å². The summed E-state index contributed by atoms with van der Waals surface area (Å²) in [4.78, 5) is 13.5. The zero-order valence-electron chi connectivity index (χ0n) is 14.1. The van der Waals surface area contributed by atoms with Gasteiger partial charge in [0.1, 0.15) is 0 Å². The molecule has 1 amide bonds. The fourth-order valence-electron chi connectivity index (χ4n) is 2.64. The third-order valence-corrected chi connectivity index (χ3v) is 4.14. The van der Waals surface area contributed by atoms with Gasteiger partial charge in [-0.15, -0.1) is 0 Å². The molecule has 2 rings (SSSR count). The summed E-state index contributed by atoms with van der Waals surface area (Å²) in [6.07, 6.45) is 1.82. The van der Waals surface area contributed by atoms with Gasteiger partial charge < -0.3 is 9.64 Å². The number of ether oxygens (including phenoxy) is 1. The Labute approximate surface area is 129 Å². The van der Waals surface area contributed by atoms with E-state index in [4.69, 9.17) is 4.74 Å². The highest BCUT2D eigenvalue weighted by Crippen LogP contribution is 2.35. The average Bonchev–Trinajstić information content (AvgIpc) is 2.51. The summed E-state index contributed by atoms with van der Waals surface area (Å²) in [6.45, 7) is 12.3. The monoisotopic (exact) mass is 291 g/mol. The molecule has 1 aromatic carbocycles. The van der Waals surface area contributed by atoms with Crippen LogP contribution in [0.4, 0.5) is 4.79 Å². The van der Waals surface area contributed by atoms with Gasteiger partial charge in [0.2, 0.25) is 0 Å². The molecule has 3 nitrogen and oxygen atoms in total. The first-order chi connectivity index (χ1) is 10.0. The molecule has 0 N–H and O–H groups in total. The van der Waals surface area contributed by atoms with Crippen molar-refractivity contribution in [3.05, 3.63) is 35.4 Å². The molecule has 1 aromatic rings. The minimum Gasteiger partial charge on any atom is -0.450 e. The van der Waals surface area contributed by atoms with E-state index in [0.29, 0.717) is 6.61 Å². The molecule has 0 unspecified atom stereocenters. The minimum atomic E-state index is -0.173. The Kier molecular flexibility index (Phi) is 6.73. The number of hydrogen-bond acceptors (Lipinski definition) is 2. The number of carbonyl (C=O) groups is 1. The molecule has 0 bridgehead atoms. The van der Waals surface area contributed by atoms with Crippen LogP contribution in [0.25, 0.3) is 0 Å². The van der Waals surface area contributed by atoms with Gasteiger partial charge in [-0.05, 0) is 37.7 Å². The maximum absolute atomic E-state index is 11.7. The van der Waals surface area contributed by atoms with Crippen LogP contribution in [-0.4, -0.2) is 30.7 Å². The molecule has 0 atom stereocenters. The van der Waals surface area contributed by atoms with Crippen LogP contribution in [0.15, 0.2) is 24.3 Å². The fourth-order valence-corrected chi connectivity index (χ4v) is 2.64. The van der Waals surface area contributed by atoms with Crippen molar-refractivity contribution < 1.29 is 9.53 Å². The first-order valence-electron chi connectivity index (χ1n) is 8.04. The number of amides is 1. The van der Waals surface area contributed by atoms with Gasteiger partial charge in [0.15, 0.2) is 0 Å². The van der Waals surface area contributed by atoms with Gasteiger partial charge in [-0.25, -0.2) is 4.79 Å². The van der Waals surface area contributed by atoms with Crippen molar-refractivity contribution in [2.45, 2.75) is 52.9 Å². The van der Waals surface area contributed by atoms with E-state index in [1.165, 1.54) is 11.1 Å². The molecule has 1 fully saturated rings. The van der Waals surface area contributed by atoms with Gasteiger partial charge in [-0.1, -0.05) is 50.6 Å². The molecule has 1 saturated heterocycles. The molecule has 1 aliphatic rings. The molecule has 3 heteroatoms. The average molecular weight is 291 g/mol. The summed E-state index contributed by atoms with van der Waals surface area (Å²) >= 11 is 0. The number of piperidine rings is 1. The molecule has 0 aliphatic carbocycles. The van der Waals surface area contributed by atoms with Gasteiger partial charge in [0.25, 0.3) is 0 Å². The van der Waals surface area contributed by atoms with Crippen molar-refractivity contribution in [1.29, 1.82) is 0 Å². The largest absolute Gasteiger partial charge is 0.450 e. The van der Waals surface area contributed by atoms with Crippen LogP contribution < -0.4 is 0 Å². The Hall–Kier alpha value is -1.51. The van der Waals surface area contributed by atoms with Crippen molar-refractivity contribution in [3.63, 3.8) is 0 Å². The van der Waals surface area contributed by atoms with E-state index in [-0.39, 0.29) is 11.5 Å². The molecule has 1 aliphatic heterocycles. The Morgan fingerprint density at radius 1 is 1.19 bits per heavy atom. The number of benzene rings is 1. The molecule has 0 radical (unpaired) electrons. The van der Waals surface area contributed by atoms with E-state index in [9.17, 15) is 4.79 Å². The van der Waals surface area contributed by atoms with Crippen molar-refractivity contribution in [2.24, 2.45) is 0 Å². The van der Waals surface area contributed by atoms with Crippen LogP contribution in [0.1, 0.15) is 51.7 Å². The predicted octanol–water partition coefficient (Wildman–Crippen LogP) is 4.53. The first kappa shape index (κ1) is 17.5. The number of aryl methyl sites for hydroxylation is 1. The molecule has 1 heterocycles. The SMILES string of the molecule is CC.CCOC(=O)N1CCC(C)(c2ccc(C)cc2)CC1. The normalized spacial score (nSPS) is 16.7. The lowest BCUT2D eigenvalue weighted by molar-refractivity contribution is 0.0885. The van der Waals surface area contributed by atoms with E-state index >= 15 is 0 Å². The molecule has 118 valence electrons. The fraction of sp³-hybridized carbons (Fsp3) is 0.611. The van der Waals surface area contributed by atoms with Gasteiger partial charge >= 0.3 is 6.09 Å². The summed E-state index contributed by atoms with van der Waals surface area (Å²) in [5.74, 6) is 0. The van der Waals surface area contributed by atoms with E-state index in [0.717, 1.165) is 25.9 Å². The lowest BCUT2D eigenvalue weighted by Crippen LogP contribution is -2.44. The number of rotatable bonds is 2. The lowest BCUT2D eigenvalue weighted by atomic mass is 9.74. The first-order valence-corrected chi connectivity index (χ1v) is 8.04. The number of carbonyl (C=O) groups excluding carboxylic acids is 1. The standard InChI is InChI=1S/C16H23NO2.C2H6/c1-4-19-15(18)17-11-9-16(3,10-12-17)14-7-5-13(2)6-8-14;1-2/h5-8H,4,9-12H2,1-3H3;1-2H3. The molecule has 21 heavy (non-hydrogen) atoms. The number of hydrogen-bond donors (Lipinski definition) is 0. The second-order valence-corrected chi connectivity index (χ2v) is 5.61. The lowest BCUT2D eigenvalue weighted by Gasteiger charge is -2.39. The van der Waals surface area contributed by atoms with Crippen LogP contribution in [-0.2, 0) is 10.2 Å². The van der Waals surface area contributed by atoms with Gasteiger partial charge in [-0.3, -0.25) is 0 Å². The summed E-state index contributed by atoms with van der Waals surface area (Å²) in [5, 5.41) is 0. The molecular weight excluding hydrogens is 262 g/mol. The van der Waals surface area contributed by atoms with E-state index in [1.54, 1.807) is 0 Å². The number of likely N-dealkylation sites (tertiary alicyclic amines) is 1. The van der Waals surface area contributed by atoms with Crippen LogP contribution in [0.3, 0.4) is 0 Å². The maximum atomic E-state index is 11.7. The Balaban J connectivity index is 0.00000106. The quantitative estimate of drug-likeness (QED) is 0.801. The van der Waals surface area contributed by atoms with Crippen LogP contribution in [0.5, 0.6) is 0 Å². The van der Waals surface area contributed by atoms with Crippen LogP contribution in [0.2, 0.25) is 0 Å². The van der Waals surface area contributed by atoms with E-state index in [2.05, 4.69) is 38.1 Å². The smallest absolute Gasteiger partial charge is 0.409 e. The topological polar surface area (TPSA) is 29.5 Å². The summed E-state index contributed by atoms with van der Waals surface area (Å²) < 4.78 is 5.06. The van der Waals surface area contributed by atoms with Gasteiger partial charge in [0.05, 0.1) is 6.61 Å². The Morgan fingerprint density at radius 3 is 2.19 bits per heavy atom. The maximum Gasteiger partial charge on any atom is 0.409 e. The zero-order chi connectivity index (χ0) is 15.9. The summed E-state index contributed by atoms with van der Waals surface area (Å²) in [5.41, 5.74) is 2.84.